The molecule has 0 aromatic carbocycles. The molecule has 0 spiro atoms. The van der Waals surface area contributed by atoms with E-state index in [-0.39, 0.29) is 11.9 Å². The maximum absolute atomic E-state index is 10.7. The van der Waals surface area contributed by atoms with Crippen molar-refractivity contribution in [1.82, 2.24) is 15.5 Å². The highest BCUT2D eigenvalue weighted by molar-refractivity contribution is 5.73. The predicted octanol–water partition coefficient (Wildman–Crippen LogP) is 0.982. The Morgan fingerprint density at radius 2 is 2.15 bits per heavy atom. The van der Waals surface area contributed by atoms with Gasteiger partial charge in [-0.15, -0.1) is 0 Å². The number of aromatic nitrogens is 2. The Morgan fingerprint density at radius 3 is 2.62 bits per heavy atom. The number of nitrogens with one attached hydrogen (secondary N) is 1. The van der Waals surface area contributed by atoms with Crippen LogP contribution in [0.5, 0.6) is 0 Å². The lowest BCUT2D eigenvalue weighted by Gasteiger charge is -2.10. The number of hydrogen-bond donors (Lipinski definition) is 1. The van der Waals surface area contributed by atoms with Crippen LogP contribution < -0.4 is 5.32 Å². The molecule has 0 aliphatic rings. The Morgan fingerprint density at radius 1 is 1.46 bits per heavy atom. The lowest BCUT2D eigenvalue weighted by molar-refractivity contribution is -0.119. The van der Waals surface area contributed by atoms with Crippen molar-refractivity contribution in [1.29, 1.82) is 0 Å². The Labute approximate surface area is 77.4 Å². The van der Waals surface area contributed by atoms with Gasteiger partial charge in [-0.1, -0.05) is 0 Å². The molecule has 4 nitrogen and oxygen atoms in total. The van der Waals surface area contributed by atoms with E-state index >= 15 is 0 Å². The van der Waals surface area contributed by atoms with Crippen molar-refractivity contribution in [3.63, 3.8) is 0 Å². The topological polar surface area (TPSA) is 54.9 Å². The number of rotatable bonds is 2. The monoisotopic (exact) mass is 179 g/mol. The molecule has 0 saturated heterocycles. The van der Waals surface area contributed by atoms with E-state index in [0.29, 0.717) is 0 Å². The van der Waals surface area contributed by atoms with Crippen LogP contribution in [-0.2, 0) is 4.79 Å². The Hall–Kier alpha value is -1.45. The van der Waals surface area contributed by atoms with Crippen LogP contribution in [0.4, 0.5) is 0 Å². The minimum Gasteiger partial charge on any atom is -0.348 e. The van der Waals surface area contributed by atoms with Gasteiger partial charge < -0.3 is 5.32 Å². The van der Waals surface area contributed by atoms with E-state index in [1.54, 1.807) is 0 Å². The second kappa shape index (κ2) is 3.98. The van der Waals surface area contributed by atoms with Gasteiger partial charge in [0.2, 0.25) is 5.91 Å². The average molecular weight is 179 g/mol. The number of amides is 1. The summed E-state index contributed by atoms with van der Waals surface area (Å²) in [6.07, 6.45) is 0. The van der Waals surface area contributed by atoms with Gasteiger partial charge >= 0.3 is 0 Å². The Kier molecular flexibility index (Phi) is 2.95. The van der Waals surface area contributed by atoms with Crippen LogP contribution in [0.3, 0.4) is 0 Å². The standard InChI is InChI=1S/C9H13N3O/c1-6-4-5-9(12-11-6)7(2)10-8(3)13/h4-5,7H,1-3H3,(H,10,13). The molecular formula is C9H13N3O. The summed E-state index contributed by atoms with van der Waals surface area (Å²) in [4.78, 5) is 10.7. The first-order chi connectivity index (χ1) is 6.09. The fraction of sp³-hybridized carbons (Fsp3) is 0.444. The van der Waals surface area contributed by atoms with Gasteiger partial charge in [0, 0.05) is 6.92 Å². The van der Waals surface area contributed by atoms with E-state index in [2.05, 4.69) is 15.5 Å². The molecule has 1 aromatic heterocycles. The Balaban J connectivity index is 2.71. The van der Waals surface area contributed by atoms with Gasteiger partial charge in [-0.3, -0.25) is 4.79 Å². The minimum atomic E-state index is -0.0781. The lowest BCUT2D eigenvalue weighted by Crippen LogP contribution is -2.24. The summed E-state index contributed by atoms with van der Waals surface area (Å²) in [6.45, 7) is 5.23. The van der Waals surface area contributed by atoms with E-state index in [0.717, 1.165) is 11.4 Å². The molecule has 1 N–H and O–H groups in total. The molecule has 4 heteroatoms. The first-order valence-corrected chi connectivity index (χ1v) is 4.17. The zero-order valence-electron chi connectivity index (χ0n) is 8.03. The fourth-order valence-corrected chi connectivity index (χ4v) is 1.02. The maximum Gasteiger partial charge on any atom is 0.217 e. The first kappa shape index (κ1) is 9.64. The summed E-state index contributed by atoms with van der Waals surface area (Å²) in [7, 11) is 0. The summed E-state index contributed by atoms with van der Waals surface area (Å²) >= 11 is 0. The van der Waals surface area contributed by atoms with Crippen molar-refractivity contribution in [3.05, 3.63) is 23.5 Å². The number of aryl methyl sites for hydroxylation is 1. The molecule has 1 amide bonds. The predicted molar refractivity (Wildman–Crippen MR) is 49.0 cm³/mol. The molecule has 1 aromatic rings. The molecule has 0 aliphatic heterocycles. The van der Waals surface area contributed by atoms with E-state index in [4.69, 9.17) is 0 Å². The summed E-state index contributed by atoms with van der Waals surface area (Å²) in [5.74, 6) is -0.0603. The second-order valence-corrected chi connectivity index (χ2v) is 3.02. The largest absolute Gasteiger partial charge is 0.348 e. The van der Waals surface area contributed by atoms with Crippen LogP contribution in [0.2, 0.25) is 0 Å². The smallest absolute Gasteiger partial charge is 0.217 e. The van der Waals surface area contributed by atoms with E-state index < -0.39 is 0 Å². The molecule has 1 atom stereocenters. The third kappa shape index (κ3) is 2.82. The van der Waals surface area contributed by atoms with Crippen LogP contribution in [0, 0.1) is 6.92 Å². The summed E-state index contributed by atoms with van der Waals surface area (Å²) in [6, 6.07) is 3.66. The third-order valence-corrected chi connectivity index (χ3v) is 1.68. The van der Waals surface area contributed by atoms with Gasteiger partial charge in [-0.05, 0) is 26.0 Å². The van der Waals surface area contributed by atoms with Crippen LogP contribution in [-0.4, -0.2) is 16.1 Å². The second-order valence-electron chi connectivity index (χ2n) is 3.02. The van der Waals surface area contributed by atoms with Crippen molar-refractivity contribution >= 4 is 5.91 Å². The molecule has 0 radical (unpaired) electrons. The average Bonchev–Trinajstić information content (AvgIpc) is 2.04. The van der Waals surface area contributed by atoms with Crippen molar-refractivity contribution in [3.8, 4) is 0 Å². The molecule has 0 fully saturated rings. The quantitative estimate of drug-likeness (QED) is 0.736. The summed E-state index contributed by atoms with van der Waals surface area (Å²) < 4.78 is 0. The van der Waals surface area contributed by atoms with Crippen LogP contribution >= 0.6 is 0 Å². The molecular weight excluding hydrogens is 166 g/mol. The summed E-state index contributed by atoms with van der Waals surface area (Å²) in [5.41, 5.74) is 1.65. The highest BCUT2D eigenvalue weighted by atomic mass is 16.1. The van der Waals surface area contributed by atoms with Crippen molar-refractivity contribution in [2.75, 3.05) is 0 Å². The zero-order valence-corrected chi connectivity index (χ0v) is 8.03. The number of hydrogen-bond acceptors (Lipinski definition) is 3. The van der Waals surface area contributed by atoms with Crippen LogP contribution in [0.15, 0.2) is 12.1 Å². The van der Waals surface area contributed by atoms with Gasteiger partial charge in [0.1, 0.15) is 0 Å². The molecule has 13 heavy (non-hydrogen) atoms. The lowest BCUT2D eigenvalue weighted by atomic mass is 10.2. The molecule has 1 heterocycles. The molecule has 1 unspecified atom stereocenters. The van der Waals surface area contributed by atoms with Crippen molar-refractivity contribution < 1.29 is 4.79 Å². The molecule has 0 saturated carbocycles. The van der Waals surface area contributed by atoms with E-state index in [1.165, 1.54) is 6.92 Å². The molecule has 1 rings (SSSR count). The number of nitrogens with zero attached hydrogens (tertiary/aromatic N) is 2. The number of carbonyl (C=O) groups is 1. The van der Waals surface area contributed by atoms with Crippen LogP contribution in [0.1, 0.15) is 31.3 Å². The third-order valence-electron chi connectivity index (χ3n) is 1.68. The normalized spacial score (nSPS) is 12.2. The first-order valence-electron chi connectivity index (χ1n) is 4.17. The van der Waals surface area contributed by atoms with Gasteiger partial charge in [0.25, 0.3) is 0 Å². The fourth-order valence-electron chi connectivity index (χ4n) is 1.02. The molecule has 0 aliphatic carbocycles. The van der Waals surface area contributed by atoms with Crippen molar-refractivity contribution in [2.24, 2.45) is 0 Å². The van der Waals surface area contributed by atoms with Gasteiger partial charge in [0.05, 0.1) is 17.4 Å². The molecule has 0 bridgehead atoms. The minimum absolute atomic E-state index is 0.0603. The Bertz CT molecular complexity index is 294. The van der Waals surface area contributed by atoms with Crippen molar-refractivity contribution in [2.45, 2.75) is 26.8 Å². The van der Waals surface area contributed by atoms with E-state index in [1.807, 2.05) is 26.0 Å². The molecule has 70 valence electrons. The highest BCUT2D eigenvalue weighted by Gasteiger charge is 2.07. The number of carbonyl (C=O) groups excluding carboxylic acids is 1. The van der Waals surface area contributed by atoms with Gasteiger partial charge in [0.15, 0.2) is 0 Å². The zero-order chi connectivity index (χ0) is 9.84. The highest BCUT2D eigenvalue weighted by Crippen LogP contribution is 2.07. The van der Waals surface area contributed by atoms with Gasteiger partial charge in [-0.25, -0.2) is 0 Å². The van der Waals surface area contributed by atoms with E-state index in [9.17, 15) is 4.79 Å². The van der Waals surface area contributed by atoms with Gasteiger partial charge in [-0.2, -0.15) is 10.2 Å². The van der Waals surface area contributed by atoms with Crippen LogP contribution in [0.25, 0.3) is 0 Å². The summed E-state index contributed by atoms with van der Waals surface area (Å²) in [5, 5.41) is 10.6. The maximum atomic E-state index is 10.7. The SMILES string of the molecule is CC(=O)NC(C)c1ccc(C)nn1.